The Morgan fingerprint density at radius 3 is 2.09 bits per heavy atom. The van der Waals surface area contributed by atoms with Gasteiger partial charge in [0.15, 0.2) is 0 Å². The van der Waals surface area contributed by atoms with Gasteiger partial charge in [-0.05, 0) is 57.2 Å². The summed E-state index contributed by atoms with van der Waals surface area (Å²) in [6.45, 7) is 7.41. The summed E-state index contributed by atoms with van der Waals surface area (Å²) in [5.41, 5.74) is 4.93. The van der Waals surface area contributed by atoms with Crippen LogP contribution in [0.2, 0.25) is 5.02 Å². The fourth-order valence-electron chi connectivity index (χ4n) is 4.25. The Balaban J connectivity index is 1.52. The van der Waals surface area contributed by atoms with E-state index in [-0.39, 0.29) is 5.91 Å². The molecule has 1 N–H and O–H groups in total. The number of benzene rings is 3. The Labute approximate surface area is 206 Å². The van der Waals surface area contributed by atoms with Crippen molar-refractivity contribution < 1.29 is 13.2 Å². The minimum atomic E-state index is -3.56. The summed E-state index contributed by atoms with van der Waals surface area (Å²) in [4.78, 5) is 15.3. The topological polar surface area (TPSA) is 69.7 Å². The van der Waals surface area contributed by atoms with Gasteiger partial charge in [-0.2, -0.15) is 4.31 Å². The predicted octanol–water partition coefficient (Wildman–Crippen LogP) is 5.03. The van der Waals surface area contributed by atoms with E-state index in [0.29, 0.717) is 53.0 Å². The molecule has 0 bridgehead atoms. The number of sulfonamides is 1. The summed E-state index contributed by atoms with van der Waals surface area (Å²) in [6, 6.07) is 18.0. The molecule has 1 aliphatic rings. The zero-order valence-electron chi connectivity index (χ0n) is 19.5. The maximum absolute atomic E-state index is 13.1. The summed E-state index contributed by atoms with van der Waals surface area (Å²) in [5, 5.41) is 3.50. The normalized spacial score (nSPS) is 14.8. The van der Waals surface area contributed by atoms with Crippen LogP contribution in [0.4, 0.5) is 11.4 Å². The SMILES string of the molecule is Cc1ccc(S(=O)(=O)N2CCN(c3c(Cl)cccc3NC(=O)c3cc(C)cc(C)c3)CC2)cc1. The first-order valence-corrected chi connectivity index (χ1v) is 13.0. The minimum Gasteiger partial charge on any atom is -0.366 e. The summed E-state index contributed by atoms with van der Waals surface area (Å²) in [5.74, 6) is -0.212. The van der Waals surface area contributed by atoms with Crippen LogP contribution in [-0.2, 0) is 10.0 Å². The van der Waals surface area contributed by atoms with E-state index in [9.17, 15) is 13.2 Å². The van der Waals surface area contributed by atoms with Crippen LogP contribution in [0.5, 0.6) is 0 Å². The third kappa shape index (κ3) is 5.12. The van der Waals surface area contributed by atoms with Gasteiger partial charge in [-0.25, -0.2) is 8.42 Å². The second kappa shape index (κ2) is 9.78. The first-order valence-electron chi connectivity index (χ1n) is 11.1. The Bertz CT molecular complexity index is 1300. The van der Waals surface area contributed by atoms with E-state index in [1.54, 1.807) is 36.4 Å². The lowest BCUT2D eigenvalue weighted by Gasteiger charge is -2.36. The maximum atomic E-state index is 13.1. The van der Waals surface area contributed by atoms with Gasteiger partial charge in [0.05, 0.1) is 21.3 Å². The Hall–Kier alpha value is -2.87. The van der Waals surface area contributed by atoms with Crippen LogP contribution in [0.15, 0.2) is 65.6 Å². The van der Waals surface area contributed by atoms with Crippen LogP contribution in [-0.4, -0.2) is 44.8 Å². The van der Waals surface area contributed by atoms with E-state index in [1.807, 2.05) is 49.9 Å². The molecule has 1 fully saturated rings. The molecule has 178 valence electrons. The van der Waals surface area contributed by atoms with E-state index in [2.05, 4.69) is 5.32 Å². The molecule has 1 amide bonds. The molecule has 0 aromatic heterocycles. The zero-order chi connectivity index (χ0) is 24.5. The highest BCUT2D eigenvalue weighted by atomic mass is 35.5. The molecule has 0 atom stereocenters. The van der Waals surface area contributed by atoms with Crippen molar-refractivity contribution >= 4 is 38.9 Å². The molecule has 34 heavy (non-hydrogen) atoms. The van der Waals surface area contributed by atoms with Crippen LogP contribution in [0, 0.1) is 20.8 Å². The standard InChI is InChI=1S/C26H28ClN3O3S/c1-18-7-9-22(10-8-18)34(32,33)30-13-11-29(12-14-30)25-23(27)5-4-6-24(25)28-26(31)21-16-19(2)15-20(3)17-21/h4-10,15-17H,11-14H2,1-3H3,(H,28,31). The van der Waals surface area contributed by atoms with E-state index in [4.69, 9.17) is 11.6 Å². The van der Waals surface area contributed by atoms with Gasteiger partial charge in [0.2, 0.25) is 10.0 Å². The lowest BCUT2D eigenvalue weighted by atomic mass is 10.1. The van der Waals surface area contributed by atoms with E-state index in [0.717, 1.165) is 16.7 Å². The van der Waals surface area contributed by atoms with Crippen LogP contribution in [0.3, 0.4) is 0 Å². The predicted molar refractivity (Wildman–Crippen MR) is 137 cm³/mol. The number of hydrogen-bond donors (Lipinski definition) is 1. The van der Waals surface area contributed by atoms with Crippen molar-refractivity contribution in [1.29, 1.82) is 0 Å². The number of amides is 1. The lowest BCUT2D eigenvalue weighted by molar-refractivity contribution is 0.102. The molecule has 0 spiro atoms. The molecular formula is C26H28ClN3O3S. The second-order valence-electron chi connectivity index (χ2n) is 8.67. The van der Waals surface area contributed by atoms with Crippen LogP contribution >= 0.6 is 11.6 Å². The monoisotopic (exact) mass is 497 g/mol. The van der Waals surface area contributed by atoms with E-state index < -0.39 is 10.0 Å². The van der Waals surface area contributed by atoms with Gasteiger partial charge in [0.25, 0.3) is 5.91 Å². The molecule has 0 aliphatic carbocycles. The molecule has 1 heterocycles. The molecule has 3 aromatic rings. The van der Waals surface area contributed by atoms with Crippen molar-refractivity contribution in [3.05, 3.63) is 87.9 Å². The summed E-state index contributed by atoms with van der Waals surface area (Å²) < 4.78 is 27.6. The van der Waals surface area contributed by atoms with Crippen molar-refractivity contribution in [2.75, 3.05) is 36.4 Å². The number of nitrogens with one attached hydrogen (secondary N) is 1. The minimum absolute atomic E-state index is 0.212. The molecular weight excluding hydrogens is 470 g/mol. The van der Waals surface area contributed by atoms with Gasteiger partial charge in [-0.15, -0.1) is 0 Å². The number of aryl methyl sites for hydroxylation is 3. The van der Waals surface area contributed by atoms with Crippen molar-refractivity contribution in [2.45, 2.75) is 25.7 Å². The zero-order valence-corrected chi connectivity index (χ0v) is 21.1. The molecule has 1 aliphatic heterocycles. The van der Waals surface area contributed by atoms with Gasteiger partial charge in [0, 0.05) is 31.7 Å². The molecule has 4 rings (SSSR count). The molecule has 0 unspecified atom stereocenters. The highest BCUT2D eigenvalue weighted by Crippen LogP contribution is 2.35. The number of carbonyl (C=O) groups excluding carboxylic acids is 1. The molecule has 0 saturated carbocycles. The number of anilines is 2. The quantitative estimate of drug-likeness (QED) is 0.537. The number of rotatable bonds is 5. The number of hydrogen-bond acceptors (Lipinski definition) is 4. The smallest absolute Gasteiger partial charge is 0.255 e. The third-order valence-corrected chi connectivity index (χ3v) is 8.15. The summed E-state index contributed by atoms with van der Waals surface area (Å²) in [7, 11) is -3.56. The fourth-order valence-corrected chi connectivity index (χ4v) is 5.97. The second-order valence-corrected chi connectivity index (χ2v) is 11.0. The number of halogens is 1. The van der Waals surface area contributed by atoms with Gasteiger partial charge < -0.3 is 10.2 Å². The van der Waals surface area contributed by atoms with Crippen molar-refractivity contribution in [1.82, 2.24) is 4.31 Å². The van der Waals surface area contributed by atoms with Crippen LogP contribution in [0.1, 0.15) is 27.0 Å². The highest BCUT2D eigenvalue weighted by molar-refractivity contribution is 7.89. The Morgan fingerprint density at radius 1 is 0.853 bits per heavy atom. The molecule has 3 aromatic carbocycles. The molecule has 0 radical (unpaired) electrons. The molecule has 6 nitrogen and oxygen atoms in total. The first kappa shape index (κ1) is 24.3. The average molecular weight is 498 g/mol. The third-order valence-electron chi connectivity index (χ3n) is 5.93. The van der Waals surface area contributed by atoms with Gasteiger partial charge in [0.1, 0.15) is 0 Å². The molecule has 1 saturated heterocycles. The first-order chi connectivity index (χ1) is 16.1. The summed E-state index contributed by atoms with van der Waals surface area (Å²) in [6.07, 6.45) is 0. The largest absolute Gasteiger partial charge is 0.366 e. The maximum Gasteiger partial charge on any atom is 0.255 e. The van der Waals surface area contributed by atoms with E-state index >= 15 is 0 Å². The number of para-hydroxylation sites is 1. The van der Waals surface area contributed by atoms with Crippen molar-refractivity contribution in [3.8, 4) is 0 Å². The fraction of sp³-hybridized carbons (Fsp3) is 0.269. The number of piperazine rings is 1. The Kier molecular flexibility index (Phi) is 6.98. The number of nitrogens with zero attached hydrogens (tertiary/aromatic N) is 2. The number of carbonyl (C=O) groups is 1. The average Bonchev–Trinajstić information content (AvgIpc) is 2.79. The lowest BCUT2D eigenvalue weighted by Crippen LogP contribution is -2.49. The van der Waals surface area contributed by atoms with Crippen molar-refractivity contribution in [2.24, 2.45) is 0 Å². The van der Waals surface area contributed by atoms with Gasteiger partial charge >= 0.3 is 0 Å². The Morgan fingerprint density at radius 2 is 1.47 bits per heavy atom. The summed E-state index contributed by atoms with van der Waals surface area (Å²) >= 11 is 6.55. The van der Waals surface area contributed by atoms with Gasteiger partial charge in [-0.1, -0.05) is 52.6 Å². The molecule has 8 heteroatoms. The van der Waals surface area contributed by atoms with Crippen LogP contribution in [0.25, 0.3) is 0 Å². The van der Waals surface area contributed by atoms with Gasteiger partial charge in [-0.3, -0.25) is 4.79 Å². The highest BCUT2D eigenvalue weighted by Gasteiger charge is 2.30. The van der Waals surface area contributed by atoms with Crippen molar-refractivity contribution in [3.63, 3.8) is 0 Å². The van der Waals surface area contributed by atoms with E-state index in [1.165, 1.54) is 4.31 Å². The van der Waals surface area contributed by atoms with Crippen LogP contribution < -0.4 is 10.2 Å².